The molecule has 0 radical (unpaired) electrons. The molecule has 0 fully saturated rings. The molecule has 0 saturated carbocycles. The zero-order chi connectivity index (χ0) is 27.9. The standard InChI is InChI=1S/C16H14O2S2Se.C14H10Br2S2Se/c1-18-14-5-7-20-16(14)9-13-3-2-12(21-13)8-15-11(10-17)4-6-19-15;15-11-3-5-17-13(11)7-9-1-2-10(19-9)8-14-12(16)4-6-18-14/h2-7,10H,8-9H2,1H3;1-6H,7-8H2. The van der Waals surface area contributed by atoms with Crippen LogP contribution in [0.25, 0.3) is 0 Å². The fraction of sp³-hybridized carbons (Fsp3) is 0.167. The molecular weight excluding hydrogens is 838 g/mol. The molecule has 0 aliphatic rings. The van der Waals surface area contributed by atoms with Gasteiger partial charge in [0.1, 0.15) is 0 Å². The van der Waals surface area contributed by atoms with E-state index in [-0.39, 0.29) is 0 Å². The maximum atomic E-state index is 11.0. The summed E-state index contributed by atoms with van der Waals surface area (Å²) < 4.78 is 14.0. The summed E-state index contributed by atoms with van der Waals surface area (Å²) in [6, 6.07) is 17.3. The van der Waals surface area contributed by atoms with E-state index < -0.39 is 0 Å². The molecule has 6 rings (SSSR count). The molecule has 6 heterocycles. The molecule has 6 aromatic heterocycles. The number of hydrogen-bond acceptors (Lipinski definition) is 6. The monoisotopic (exact) mass is 862 g/mol. The van der Waals surface area contributed by atoms with E-state index in [1.807, 2.05) is 40.2 Å². The van der Waals surface area contributed by atoms with Gasteiger partial charge in [0.05, 0.1) is 0 Å². The predicted molar refractivity (Wildman–Crippen MR) is 183 cm³/mol. The Labute approximate surface area is 279 Å². The topological polar surface area (TPSA) is 26.3 Å². The van der Waals surface area contributed by atoms with E-state index in [0.717, 1.165) is 43.3 Å². The maximum absolute atomic E-state index is 11.0. The molecule has 10 heteroatoms. The average Bonchev–Trinajstić information content (AvgIpc) is 3.79. The van der Waals surface area contributed by atoms with Gasteiger partial charge >= 0.3 is 282 Å². The first-order valence-electron chi connectivity index (χ1n) is 12.2. The van der Waals surface area contributed by atoms with Gasteiger partial charge in [0.15, 0.2) is 0 Å². The van der Waals surface area contributed by atoms with Gasteiger partial charge in [-0.2, -0.15) is 0 Å². The van der Waals surface area contributed by atoms with Crippen molar-refractivity contribution >= 4 is 113 Å². The third-order valence-electron chi connectivity index (χ3n) is 5.99. The molecule has 0 atom stereocenters. The van der Waals surface area contributed by atoms with Crippen LogP contribution in [0.4, 0.5) is 0 Å². The van der Waals surface area contributed by atoms with Crippen molar-refractivity contribution in [2.75, 3.05) is 7.11 Å². The first kappa shape index (κ1) is 30.7. The average molecular weight is 863 g/mol. The van der Waals surface area contributed by atoms with Crippen molar-refractivity contribution in [3.05, 3.63) is 122 Å². The quantitative estimate of drug-likeness (QED) is 0.101. The summed E-state index contributed by atoms with van der Waals surface area (Å²) in [7, 11) is 1.72. The van der Waals surface area contributed by atoms with E-state index in [1.165, 1.54) is 37.3 Å². The molecule has 0 bridgehead atoms. The van der Waals surface area contributed by atoms with E-state index >= 15 is 0 Å². The van der Waals surface area contributed by atoms with Crippen molar-refractivity contribution in [3.8, 4) is 5.75 Å². The SMILES string of the molecule is Brc1ccsc1Cc1ccc(Cc2sccc2Br)[se]1.COc1ccsc1Cc1ccc(Cc2sccc2C=O)[se]1. The van der Waals surface area contributed by atoms with Crippen molar-refractivity contribution in [1.29, 1.82) is 0 Å². The third-order valence-corrected chi connectivity index (χ3v) is 16.2. The molecule has 0 aliphatic carbocycles. The second-order valence-electron chi connectivity index (χ2n) is 8.66. The number of thiophene rings is 4. The Hall–Kier alpha value is -0.771. The number of rotatable bonds is 10. The number of ether oxygens (including phenoxy) is 1. The summed E-state index contributed by atoms with van der Waals surface area (Å²) >= 11 is 15.2. The van der Waals surface area contributed by atoms with Gasteiger partial charge in [-0.05, 0) is 0 Å². The third kappa shape index (κ3) is 8.19. The van der Waals surface area contributed by atoms with Gasteiger partial charge in [-0.3, -0.25) is 0 Å². The molecule has 2 nitrogen and oxygen atoms in total. The molecule has 0 spiro atoms. The number of carbonyl (C=O) groups excluding carboxylic acids is 1. The van der Waals surface area contributed by atoms with Gasteiger partial charge in [0, 0.05) is 0 Å². The molecule has 0 aliphatic heterocycles. The second kappa shape index (κ2) is 15.1. The molecule has 0 unspecified atom stereocenters. The second-order valence-corrected chi connectivity index (χ2v) is 19.6. The van der Waals surface area contributed by atoms with Crippen molar-refractivity contribution in [3.63, 3.8) is 0 Å². The summed E-state index contributed by atoms with van der Waals surface area (Å²) in [5.41, 5.74) is 0.838. The number of aldehydes is 1. The first-order chi connectivity index (χ1) is 19.5. The van der Waals surface area contributed by atoms with Crippen LogP contribution in [0.5, 0.6) is 5.75 Å². The molecule has 206 valence electrons. The van der Waals surface area contributed by atoms with Gasteiger partial charge in [0.2, 0.25) is 0 Å². The van der Waals surface area contributed by atoms with Crippen molar-refractivity contribution < 1.29 is 9.53 Å². The van der Waals surface area contributed by atoms with Crippen LogP contribution >= 0.6 is 77.2 Å². The minimum atomic E-state index is 0.388. The van der Waals surface area contributed by atoms with E-state index in [0.29, 0.717) is 29.0 Å². The van der Waals surface area contributed by atoms with Crippen LogP contribution in [0, 0.1) is 0 Å². The fourth-order valence-electron chi connectivity index (χ4n) is 4.00. The van der Waals surface area contributed by atoms with Crippen LogP contribution in [-0.2, 0) is 25.7 Å². The molecule has 0 N–H and O–H groups in total. The molecule has 40 heavy (non-hydrogen) atoms. The van der Waals surface area contributed by atoms with Crippen molar-refractivity contribution in [2.45, 2.75) is 25.7 Å². The Bertz CT molecular complexity index is 1610. The van der Waals surface area contributed by atoms with Crippen LogP contribution in [0.15, 0.2) is 79.0 Å². The minimum absolute atomic E-state index is 0.388. The first-order valence-corrected chi connectivity index (χ1v) is 20.8. The molecule has 0 amide bonds. The Kier molecular flexibility index (Phi) is 11.6. The number of carbonyl (C=O) groups is 1. The summed E-state index contributed by atoms with van der Waals surface area (Å²) in [5.74, 6) is 0.992. The van der Waals surface area contributed by atoms with Crippen LogP contribution < -0.4 is 4.74 Å². The molecule has 6 aromatic rings. The number of halogens is 2. The summed E-state index contributed by atoms with van der Waals surface area (Å²) in [5, 5.41) is 8.37. The van der Waals surface area contributed by atoms with Crippen LogP contribution in [0.1, 0.15) is 47.6 Å². The van der Waals surface area contributed by atoms with Gasteiger partial charge in [-0.15, -0.1) is 0 Å². The van der Waals surface area contributed by atoms with Crippen LogP contribution in [0.2, 0.25) is 0 Å². The zero-order valence-corrected chi connectivity index (χ0v) is 31.2. The summed E-state index contributed by atoms with van der Waals surface area (Å²) in [6.45, 7) is 0. The van der Waals surface area contributed by atoms with Gasteiger partial charge in [0.25, 0.3) is 0 Å². The zero-order valence-electron chi connectivity index (χ0n) is 21.4. The van der Waals surface area contributed by atoms with Crippen molar-refractivity contribution in [1.82, 2.24) is 0 Å². The summed E-state index contributed by atoms with van der Waals surface area (Å²) in [6.07, 6.45) is 5.05. The van der Waals surface area contributed by atoms with Crippen molar-refractivity contribution in [2.24, 2.45) is 0 Å². The van der Waals surface area contributed by atoms with Gasteiger partial charge in [-0.25, -0.2) is 0 Å². The Morgan fingerprint density at radius 1 is 0.625 bits per heavy atom. The van der Waals surface area contributed by atoms with Gasteiger partial charge < -0.3 is 0 Å². The Balaban J connectivity index is 0.000000162. The summed E-state index contributed by atoms with van der Waals surface area (Å²) in [4.78, 5) is 16.3. The molecular formula is C30H24Br2O2S4Se2. The Morgan fingerprint density at radius 3 is 1.52 bits per heavy atom. The molecule has 0 saturated heterocycles. The van der Waals surface area contributed by atoms with E-state index in [2.05, 4.69) is 84.4 Å². The Morgan fingerprint density at radius 2 is 1.05 bits per heavy atom. The van der Waals surface area contributed by atoms with Crippen LogP contribution in [-0.4, -0.2) is 42.4 Å². The van der Waals surface area contributed by atoms with E-state index in [9.17, 15) is 4.79 Å². The van der Waals surface area contributed by atoms with Crippen LogP contribution in [0.3, 0.4) is 0 Å². The van der Waals surface area contributed by atoms with E-state index in [1.54, 1.807) is 38.7 Å². The number of hydrogen-bond donors (Lipinski definition) is 0. The fourth-order valence-corrected chi connectivity index (χ4v) is 14.0. The number of methoxy groups -OCH3 is 1. The van der Waals surface area contributed by atoms with Gasteiger partial charge in [-0.1, -0.05) is 0 Å². The predicted octanol–water partition coefficient (Wildman–Crippen LogP) is 9.44. The normalized spacial score (nSPS) is 10.9. The molecule has 0 aromatic carbocycles. The van der Waals surface area contributed by atoms with E-state index in [4.69, 9.17) is 4.74 Å².